The van der Waals surface area contributed by atoms with Crippen LogP contribution in [0.5, 0.6) is 0 Å². The van der Waals surface area contributed by atoms with E-state index in [2.05, 4.69) is 69.4 Å². The first-order valence-electron chi connectivity index (χ1n) is 5.97. The molecule has 0 atom stereocenters. The van der Waals surface area contributed by atoms with E-state index in [-0.39, 0.29) is 5.54 Å². The first-order valence-corrected chi connectivity index (χ1v) is 8.27. The molecule has 102 valence electrons. The molecular weight excluding hydrogens is 371 g/mol. The fourth-order valence-corrected chi connectivity index (χ4v) is 2.85. The lowest BCUT2D eigenvalue weighted by atomic mass is 10.0. The third-order valence-electron chi connectivity index (χ3n) is 2.88. The standard InChI is InChI=1S/C13H17IN4S/c1-13(2)11(16-12(17-13)19-4)18(3)8-9-5-6-10(14)15-7-9/h5-7H,8H2,1-4H3. The van der Waals surface area contributed by atoms with Gasteiger partial charge in [0.15, 0.2) is 5.17 Å². The number of amidine groups is 2. The Hall–Kier alpha value is -0.630. The number of aliphatic imine (C=N–C) groups is 2. The van der Waals surface area contributed by atoms with E-state index in [1.54, 1.807) is 11.8 Å². The van der Waals surface area contributed by atoms with Crippen molar-refractivity contribution in [2.24, 2.45) is 9.98 Å². The monoisotopic (exact) mass is 388 g/mol. The summed E-state index contributed by atoms with van der Waals surface area (Å²) in [7, 11) is 2.05. The predicted molar refractivity (Wildman–Crippen MR) is 90.9 cm³/mol. The fourth-order valence-electron chi connectivity index (χ4n) is 2.03. The second kappa shape index (κ2) is 5.78. The lowest BCUT2D eigenvalue weighted by Crippen LogP contribution is -2.39. The van der Waals surface area contributed by atoms with Gasteiger partial charge in [0.25, 0.3) is 0 Å². The molecule has 6 heteroatoms. The number of halogens is 1. The molecule has 1 aromatic heterocycles. The van der Waals surface area contributed by atoms with Crippen LogP contribution in [0.2, 0.25) is 0 Å². The summed E-state index contributed by atoms with van der Waals surface area (Å²) in [5.74, 6) is 1.01. The van der Waals surface area contributed by atoms with Crippen LogP contribution < -0.4 is 0 Å². The summed E-state index contributed by atoms with van der Waals surface area (Å²) >= 11 is 3.80. The van der Waals surface area contributed by atoms with Crippen molar-refractivity contribution in [3.05, 3.63) is 27.6 Å². The van der Waals surface area contributed by atoms with E-state index in [1.807, 2.05) is 18.5 Å². The third-order valence-corrected chi connectivity index (χ3v) is 4.06. The summed E-state index contributed by atoms with van der Waals surface area (Å²) < 4.78 is 1.01. The second-order valence-corrected chi connectivity index (χ2v) is 6.82. The van der Waals surface area contributed by atoms with Gasteiger partial charge in [0.2, 0.25) is 0 Å². The molecule has 0 unspecified atom stereocenters. The number of hydrogen-bond donors (Lipinski definition) is 0. The van der Waals surface area contributed by atoms with Crippen molar-refractivity contribution in [3.63, 3.8) is 0 Å². The molecule has 4 nitrogen and oxygen atoms in total. The Morgan fingerprint density at radius 1 is 1.37 bits per heavy atom. The average Bonchev–Trinajstić information content (AvgIpc) is 2.67. The maximum Gasteiger partial charge on any atom is 0.185 e. The maximum atomic E-state index is 4.61. The lowest BCUT2D eigenvalue weighted by molar-refractivity contribution is 0.460. The van der Waals surface area contributed by atoms with Crippen molar-refractivity contribution in [1.29, 1.82) is 0 Å². The minimum atomic E-state index is -0.246. The van der Waals surface area contributed by atoms with E-state index in [9.17, 15) is 0 Å². The summed E-state index contributed by atoms with van der Waals surface area (Å²) in [6, 6.07) is 4.12. The van der Waals surface area contributed by atoms with Crippen LogP contribution in [0.15, 0.2) is 28.3 Å². The molecule has 0 aliphatic carbocycles. The molecule has 19 heavy (non-hydrogen) atoms. The first-order chi connectivity index (χ1) is 8.92. The smallest absolute Gasteiger partial charge is 0.185 e. The van der Waals surface area contributed by atoms with Gasteiger partial charge in [0.05, 0.1) is 0 Å². The van der Waals surface area contributed by atoms with E-state index in [0.29, 0.717) is 0 Å². The summed E-state index contributed by atoms with van der Waals surface area (Å²) in [6.45, 7) is 4.98. The SMILES string of the molecule is CSC1=NC(C)(C)C(N(C)Cc2ccc(I)nc2)=N1. The Morgan fingerprint density at radius 2 is 2.11 bits per heavy atom. The van der Waals surface area contributed by atoms with E-state index in [4.69, 9.17) is 0 Å². The highest BCUT2D eigenvalue weighted by Gasteiger charge is 2.33. The van der Waals surface area contributed by atoms with Gasteiger partial charge in [-0.25, -0.2) is 15.0 Å². The fraction of sp³-hybridized carbons (Fsp3) is 0.462. The Morgan fingerprint density at radius 3 is 2.63 bits per heavy atom. The number of aromatic nitrogens is 1. The van der Waals surface area contributed by atoms with Gasteiger partial charge in [-0.2, -0.15) is 0 Å². The molecule has 0 bridgehead atoms. The molecule has 1 aromatic rings. The molecule has 1 aliphatic rings. The van der Waals surface area contributed by atoms with E-state index < -0.39 is 0 Å². The quantitative estimate of drug-likeness (QED) is 0.578. The molecule has 0 amide bonds. The van der Waals surface area contributed by atoms with Crippen molar-refractivity contribution < 1.29 is 0 Å². The van der Waals surface area contributed by atoms with Crippen LogP contribution in [0.1, 0.15) is 19.4 Å². The Bertz CT molecular complexity index is 522. The summed E-state index contributed by atoms with van der Waals surface area (Å²) in [4.78, 5) is 15.7. The number of thioether (sulfide) groups is 1. The molecule has 0 fully saturated rings. The highest BCUT2D eigenvalue weighted by Crippen LogP contribution is 2.24. The Labute approximate surface area is 132 Å². The molecule has 1 aliphatic heterocycles. The number of pyridine rings is 1. The summed E-state index contributed by atoms with van der Waals surface area (Å²) in [5.41, 5.74) is 0.933. The molecule has 0 saturated heterocycles. The minimum absolute atomic E-state index is 0.246. The zero-order valence-corrected chi connectivity index (χ0v) is 14.5. The Kier molecular flexibility index (Phi) is 4.50. The number of likely N-dealkylation sites (N-methyl/N-ethyl adjacent to an activating group) is 1. The van der Waals surface area contributed by atoms with Crippen molar-refractivity contribution >= 4 is 45.4 Å². The van der Waals surface area contributed by atoms with E-state index in [1.165, 1.54) is 5.56 Å². The number of nitrogens with zero attached hydrogens (tertiary/aromatic N) is 4. The molecule has 2 heterocycles. The zero-order chi connectivity index (χ0) is 14.0. The third kappa shape index (κ3) is 3.47. The zero-order valence-electron chi connectivity index (χ0n) is 11.5. The van der Waals surface area contributed by atoms with Gasteiger partial charge in [-0.3, -0.25) is 0 Å². The molecule has 0 saturated carbocycles. The second-order valence-electron chi connectivity index (χ2n) is 4.94. The normalized spacial score (nSPS) is 17.1. The minimum Gasteiger partial charge on any atom is -0.357 e. The van der Waals surface area contributed by atoms with E-state index >= 15 is 0 Å². The van der Waals surface area contributed by atoms with Gasteiger partial charge in [0.1, 0.15) is 15.1 Å². The molecular formula is C13H17IN4S. The first kappa shape index (κ1) is 14.8. The van der Waals surface area contributed by atoms with Crippen LogP contribution in [0.3, 0.4) is 0 Å². The van der Waals surface area contributed by atoms with Crippen LogP contribution in [-0.2, 0) is 6.54 Å². The largest absolute Gasteiger partial charge is 0.357 e. The van der Waals surface area contributed by atoms with Crippen LogP contribution in [0, 0.1) is 3.70 Å². The van der Waals surface area contributed by atoms with Crippen LogP contribution >= 0.6 is 34.4 Å². The van der Waals surface area contributed by atoms with Crippen molar-refractivity contribution in [3.8, 4) is 0 Å². The van der Waals surface area contributed by atoms with Crippen LogP contribution in [0.4, 0.5) is 0 Å². The molecule has 0 aromatic carbocycles. The molecule has 0 N–H and O–H groups in total. The highest BCUT2D eigenvalue weighted by atomic mass is 127. The average molecular weight is 388 g/mol. The van der Waals surface area contributed by atoms with Crippen molar-refractivity contribution in [2.75, 3.05) is 13.3 Å². The predicted octanol–water partition coefficient (Wildman–Crippen LogP) is 3.03. The lowest BCUT2D eigenvalue weighted by Gasteiger charge is -2.27. The maximum absolute atomic E-state index is 4.61. The molecule has 0 spiro atoms. The van der Waals surface area contributed by atoms with Gasteiger partial charge in [0, 0.05) is 19.8 Å². The molecule has 2 rings (SSSR count). The number of rotatable bonds is 2. The summed E-state index contributed by atoms with van der Waals surface area (Å²) in [5, 5.41) is 0.854. The van der Waals surface area contributed by atoms with Crippen LogP contribution in [0.25, 0.3) is 0 Å². The summed E-state index contributed by atoms with van der Waals surface area (Å²) in [6.07, 6.45) is 3.92. The molecule has 0 radical (unpaired) electrons. The number of hydrogen-bond acceptors (Lipinski definition) is 5. The van der Waals surface area contributed by atoms with Gasteiger partial charge in [-0.15, -0.1) is 0 Å². The van der Waals surface area contributed by atoms with Gasteiger partial charge in [-0.05, 0) is 54.3 Å². The van der Waals surface area contributed by atoms with E-state index in [0.717, 1.165) is 21.2 Å². The van der Waals surface area contributed by atoms with Crippen molar-refractivity contribution in [1.82, 2.24) is 9.88 Å². The van der Waals surface area contributed by atoms with Gasteiger partial charge < -0.3 is 4.90 Å². The van der Waals surface area contributed by atoms with Crippen LogP contribution in [-0.4, -0.2) is 39.7 Å². The highest BCUT2D eigenvalue weighted by molar-refractivity contribution is 14.1. The van der Waals surface area contributed by atoms with Crippen molar-refractivity contribution in [2.45, 2.75) is 25.9 Å². The van der Waals surface area contributed by atoms with Gasteiger partial charge in [-0.1, -0.05) is 17.8 Å². The topological polar surface area (TPSA) is 40.9 Å². The Balaban J connectivity index is 2.13. The van der Waals surface area contributed by atoms with Gasteiger partial charge >= 0.3 is 0 Å².